The number of hydrogen-bond donors (Lipinski definition) is 2. The molecule has 0 unspecified atom stereocenters. The normalized spacial score (nSPS) is 17.9. The van der Waals surface area contributed by atoms with Gasteiger partial charge in [-0.2, -0.15) is 0 Å². The molecule has 1 aliphatic rings. The van der Waals surface area contributed by atoms with Crippen LogP contribution in [0.5, 0.6) is 5.75 Å². The smallest absolute Gasteiger partial charge is 0.322 e. The van der Waals surface area contributed by atoms with Crippen molar-refractivity contribution in [3.63, 3.8) is 0 Å². The quantitative estimate of drug-likeness (QED) is 0.879. The van der Waals surface area contributed by atoms with Crippen molar-refractivity contribution < 1.29 is 14.3 Å². The molecule has 25 heavy (non-hydrogen) atoms. The SMILES string of the molecule is COc1c(C)ccc(NC(=O)N2CCCNC(=O)[C@@H]2CC(C)C)c1C. The van der Waals surface area contributed by atoms with Crippen LogP contribution in [0, 0.1) is 19.8 Å². The number of ether oxygens (including phenoxy) is 1. The first-order chi connectivity index (χ1) is 11.8. The molecule has 1 fully saturated rings. The molecule has 0 saturated carbocycles. The Bertz CT molecular complexity index is 643. The van der Waals surface area contributed by atoms with Crippen molar-refractivity contribution in [2.45, 2.75) is 46.6 Å². The molecule has 1 atom stereocenters. The molecule has 0 aliphatic carbocycles. The molecule has 2 rings (SSSR count). The number of anilines is 1. The lowest BCUT2D eigenvalue weighted by atomic mass is 10.0. The summed E-state index contributed by atoms with van der Waals surface area (Å²) < 4.78 is 5.43. The lowest BCUT2D eigenvalue weighted by molar-refractivity contribution is -0.125. The molecule has 0 aromatic heterocycles. The minimum absolute atomic E-state index is 0.0699. The Kier molecular flexibility index (Phi) is 6.28. The van der Waals surface area contributed by atoms with Crippen LogP contribution in [0.4, 0.5) is 10.5 Å². The number of urea groups is 1. The third-order valence-corrected chi connectivity index (χ3v) is 4.56. The Morgan fingerprint density at radius 2 is 2.12 bits per heavy atom. The van der Waals surface area contributed by atoms with Crippen molar-refractivity contribution in [1.82, 2.24) is 10.2 Å². The second kappa shape index (κ2) is 8.23. The Morgan fingerprint density at radius 1 is 1.40 bits per heavy atom. The summed E-state index contributed by atoms with van der Waals surface area (Å²) in [5.41, 5.74) is 2.61. The zero-order valence-electron chi connectivity index (χ0n) is 15.8. The molecular weight excluding hydrogens is 318 g/mol. The van der Waals surface area contributed by atoms with Crippen molar-refractivity contribution >= 4 is 17.6 Å². The number of amides is 3. The van der Waals surface area contributed by atoms with Gasteiger partial charge in [0.1, 0.15) is 11.8 Å². The highest BCUT2D eigenvalue weighted by Gasteiger charge is 2.32. The largest absolute Gasteiger partial charge is 0.496 e. The van der Waals surface area contributed by atoms with Gasteiger partial charge in [0.2, 0.25) is 5.91 Å². The van der Waals surface area contributed by atoms with Crippen LogP contribution in [0.25, 0.3) is 0 Å². The fourth-order valence-corrected chi connectivity index (χ4v) is 3.26. The van der Waals surface area contributed by atoms with E-state index in [0.717, 1.165) is 23.3 Å². The highest BCUT2D eigenvalue weighted by molar-refractivity contribution is 5.94. The summed E-state index contributed by atoms with van der Waals surface area (Å²) in [5.74, 6) is 1.02. The van der Waals surface area contributed by atoms with Crippen molar-refractivity contribution in [3.8, 4) is 5.75 Å². The Balaban J connectivity index is 2.24. The minimum atomic E-state index is -0.435. The summed E-state index contributed by atoms with van der Waals surface area (Å²) in [6.07, 6.45) is 1.40. The molecule has 138 valence electrons. The summed E-state index contributed by atoms with van der Waals surface area (Å²) in [4.78, 5) is 26.9. The number of aryl methyl sites for hydroxylation is 1. The number of hydrogen-bond acceptors (Lipinski definition) is 3. The van der Waals surface area contributed by atoms with Crippen LogP contribution in [-0.2, 0) is 4.79 Å². The molecule has 1 aliphatic heterocycles. The maximum Gasteiger partial charge on any atom is 0.322 e. The van der Waals surface area contributed by atoms with E-state index in [4.69, 9.17) is 4.74 Å². The van der Waals surface area contributed by atoms with E-state index in [1.807, 2.05) is 26.0 Å². The van der Waals surface area contributed by atoms with Gasteiger partial charge in [-0.3, -0.25) is 4.79 Å². The number of carbonyl (C=O) groups excluding carboxylic acids is 2. The number of methoxy groups -OCH3 is 1. The number of benzene rings is 1. The molecular formula is C19H29N3O3. The molecule has 0 bridgehead atoms. The second-order valence-electron chi connectivity index (χ2n) is 7.00. The molecule has 1 aromatic carbocycles. The van der Waals surface area contributed by atoms with Gasteiger partial charge in [0.15, 0.2) is 0 Å². The molecule has 1 aromatic rings. The van der Waals surface area contributed by atoms with Gasteiger partial charge in [0, 0.05) is 24.3 Å². The standard InChI is InChI=1S/C19H29N3O3/c1-12(2)11-16-18(23)20-9-6-10-22(16)19(24)21-15-8-7-13(3)17(25-5)14(15)4/h7-8,12,16H,6,9-11H2,1-5H3,(H,20,23)(H,21,24)/t16-/m0/s1. The maximum atomic E-state index is 12.9. The first-order valence-electron chi connectivity index (χ1n) is 8.84. The van der Waals surface area contributed by atoms with E-state index in [-0.39, 0.29) is 11.9 Å². The van der Waals surface area contributed by atoms with Crippen LogP contribution >= 0.6 is 0 Å². The summed E-state index contributed by atoms with van der Waals surface area (Å²) in [6.45, 7) is 9.17. The van der Waals surface area contributed by atoms with Gasteiger partial charge in [-0.1, -0.05) is 19.9 Å². The predicted octanol–water partition coefficient (Wildman–Crippen LogP) is 3.08. The molecule has 1 saturated heterocycles. The third kappa shape index (κ3) is 4.44. The van der Waals surface area contributed by atoms with E-state index in [1.54, 1.807) is 12.0 Å². The first-order valence-corrected chi connectivity index (χ1v) is 8.84. The first kappa shape index (κ1) is 19.1. The second-order valence-corrected chi connectivity index (χ2v) is 7.00. The van der Waals surface area contributed by atoms with E-state index < -0.39 is 6.04 Å². The summed E-state index contributed by atoms with van der Waals surface area (Å²) in [5, 5.41) is 5.87. The number of carbonyl (C=O) groups is 2. The summed E-state index contributed by atoms with van der Waals surface area (Å²) in [7, 11) is 1.62. The maximum absolute atomic E-state index is 12.9. The van der Waals surface area contributed by atoms with Crippen molar-refractivity contribution in [2.24, 2.45) is 5.92 Å². The third-order valence-electron chi connectivity index (χ3n) is 4.56. The van der Waals surface area contributed by atoms with Gasteiger partial charge < -0.3 is 20.3 Å². The Labute approximate surface area is 149 Å². The lowest BCUT2D eigenvalue weighted by Gasteiger charge is -2.30. The van der Waals surface area contributed by atoms with E-state index >= 15 is 0 Å². The molecule has 3 amide bonds. The highest BCUT2D eigenvalue weighted by Crippen LogP contribution is 2.29. The van der Waals surface area contributed by atoms with Crippen molar-refractivity contribution in [3.05, 3.63) is 23.3 Å². The van der Waals surface area contributed by atoms with Gasteiger partial charge in [-0.25, -0.2) is 4.79 Å². The predicted molar refractivity (Wildman–Crippen MR) is 99.1 cm³/mol. The van der Waals surface area contributed by atoms with Crippen LogP contribution in [-0.4, -0.2) is 43.1 Å². The van der Waals surface area contributed by atoms with Crippen molar-refractivity contribution in [2.75, 3.05) is 25.5 Å². The average molecular weight is 347 g/mol. The van der Waals surface area contributed by atoms with Crippen LogP contribution in [0.15, 0.2) is 12.1 Å². The average Bonchev–Trinajstić information content (AvgIpc) is 2.72. The van der Waals surface area contributed by atoms with Gasteiger partial charge in [0.05, 0.1) is 7.11 Å². The topological polar surface area (TPSA) is 70.7 Å². The molecule has 6 nitrogen and oxygen atoms in total. The van der Waals surface area contributed by atoms with Crippen LogP contribution in [0.1, 0.15) is 37.8 Å². The van der Waals surface area contributed by atoms with Gasteiger partial charge in [-0.05, 0) is 44.2 Å². The van der Waals surface area contributed by atoms with Gasteiger partial charge >= 0.3 is 6.03 Å². The zero-order valence-corrected chi connectivity index (χ0v) is 15.8. The highest BCUT2D eigenvalue weighted by atomic mass is 16.5. The van der Waals surface area contributed by atoms with Crippen LogP contribution in [0.3, 0.4) is 0 Å². The number of rotatable bonds is 4. The molecule has 2 N–H and O–H groups in total. The van der Waals surface area contributed by atoms with E-state index in [9.17, 15) is 9.59 Å². The van der Waals surface area contributed by atoms with Crippen LogP contribution < -0.4 is 15.4 Å². The Hall–Kier alpha value is -2.24. The molecule has 0 radical (unpaired) electrons. The van der Waals surface area contributed by atoms with Gasteiger partial charge in [0.25, 0.3) is 0 Å². The zero-order chi connectivity index (χ0) is 18.6. The molecule has 0 spiro atoms. The van der Waals surface area contributed by atoms with E-state index in [1.165, 1.54) is 0 Å². The number of nitrogens with zero attached hydrogens (tertiary/aromatic N) is 1. The lowest BCUT2D eigenvalue weighted by Crippen LogP contribution is -2.49. The molecule has 1 heterocycles. The number of nitrogens with one attached hydrogen (secondary N) is 2. The minimum Gasteiger partial charge on any atom is -0.496 e. The van der Waals surface area contributed by atoms with Gasteiger partial charge in [-0.15, -0.1) is 0 Å². The Morgan fingerprint density at radius 3 is 2.76 bits per heavy atom. The fourth-order valence-electron chi connectivity index (χ4n) is 3.26. The van der Waals surface area contributed by atoms with E-state index in [2.05, 4.69) is 24.5 Å². The van der Waals surface area contributed by atoms with E-state index in [0.29, 0.717) is 31.1 Å². The monoisotopic (exact) mass is 347 g/mol. The van der Waals surface area contributed by atoms with Crippen LogP contribution in [0.2, 0.25) is 0 Å². The summed E-state index contributed by atoms with van der Waals surface area (Å²) in [6, 6.07) is 3.12. The van der Waals surface area contributed by atoms with Crippen molar-refractivity contribution in [1.29, 1.82) is 0 Å². The summed E-state index contributed by atoms with van der Waals surface area (Å²) >= 11 is 0. The fraction of sp³-hybridized carbons (Fsp3) is 0.579. The molecule has 6 heteroatoms.